The van der Waals surface area contributed by atoms with E-state index in [4.69, 9.17) is 4.74 Å². The van der Waals surface area contributed by atoms with Crippen LogP contribution in [0.3, 0.4) is 0 Å². The Labute approximate surface area is 157 Å². The van der Waals surface area contributed by atoms with Crippen molar-refractivity contribution in [2.75, 3.05) is 13.7 Å². The van der Waals surface area contributed by atoms with Gasteiger partial charge in [-0.05, 0) is 55.1 Å². The van der Waals surface area contributed by atoms with E-state index in [1.807, 2.05) is 30.3 Å². The lowest BCUT2D eigenvalue weighted by atomic mass is 10.1. The van der Waals surface area contributed by atoms with Gasteiger partial charge in [0.25, 0.3) is 0 Å². The number of rotatable bonds is 6. The van der Waals surface area contributed by atoms with Crippen molar-refractivity contribution in [2.24, 2.45) is 0 Å². The molecule has 0 aliphatic carbocycles. The van der Waals surface area contributed by atoms with Gasteiger partial charge >= 0.3 is 0 Å². The summed E-state index contributed by atoms with van der Waals surface area (Å²) in [7, 11) is -2.22. The Morgan fingerprint density at radius 2 is 1.92 bits per heavy atom. The quantitative estimate of drug-likeness (QED) is 0.675. The van der Waals surface area contributed by atoms with Crippen molar-refractivity contribution in [1.29, 1.82) is 0 Å². The average molecular weight is 392 g/mol. The molecule has 0 saturated heterocycles. The van der Waals surface area contributed by atoms with Crippen LogP contribution in [0.1, 0.15) is 17.4 Å². The number of benzene rings is 2. The molecule has 1 aromatic heterocycles. The second kappa shape index (κ2) is 7.00. The van der Waals surface area contributed by atoms with Crippen molar-refractivity contribution in [1.82, 2.24) is 4.72 Å². The number of ether oxygens (including phenoxy) is 1. The Kier molecular flexibility index (Phi) is 5.07. The maximum Gasteiger partial charge on any atom is 0.240 e. The molecule has 0 amide bonds. The Bertz CT molecular complexity index is 1010. The number of hydrogen-bond acceptors (Lipinski definition) is 5. The van der Waals surface area contributed by atoms with Crippen LogP contribution in [0.25, 0.3) is 10.1 Å². The molecule has 1 unspecified atom stereocenters. The predicted octanol–water partition coefficient (Wildman–Crippen LogP) is 3.40. The molecule has 0 radical (unpaired) electrons. The fraction of sp³-hybridized carbons (Fsp3) is 0.263. The molecule has 1 atom stereocenters. The molecule has 138 valence electrons. The third kappa shape index (κ3) is 3.76. The summed E-state index contributed by atoms with van der Waals surface area (Å²) < 4.78 is 34.0. The van der Waals surface area contributed by atoms with Gasteiger partial charge in [0.15, 0.2) is 0 Å². The number of fused-ring (bicyclic) bond motifs is 1. The van der Waals surface area contributed by atoms with Crippen molar-refractivity contribution in [3.63, 3.8) is 0 Å². The second-order valence-corrected chi connectivity index (χ2v) is 9.20. The predicted molar refractivity (Wildman–Crippen MR) is 104 cm³/mol. The highest BCUT2D eigenvalue weighted by molar-refractivity contribution is 7.89. The van der Waals surface area contributed by atoms with Gasteiger partial charge in [0.2, 0.25) is 10.0 Å². The first kappa shape index (κ1) is 18.8. The Hall–Kier alpha value is -1.93. The van der Waals surface area contributed by atoms with Crippen LogP contribution in [0.4, 0.5) is 0 Å². The van der Waals surface area contributed by atoms with Crippen LogP contribution in [-0.2, 0) is 15.6 Å². The summed E-state index contributed by atoms with van der Waals surface area (Å²) in [6.07, 6.45) is 0. The number of thiophene rings is 1. The van der Waals surface area contributed by atoms with Crippen molar-refractivity contribution in [2.45, 2.75) is 24.3 Å². The molecule has 0 spiro atoms. The number of aliphatic hydroxyl groups is 1. The summed E-state index contributed by atoms with van der Waals surface area (Å²) in [6.45, 7) is 3.20. The monoisotopic (exact) mass is 391 g/mol. The first-order chi connectivity index (χ1) is 12.2. The fourth-order valence-electron chi connectivity index (χ4n) is 2.70. The first-order valence-electron chi connectivity index (χ1n) is 8.09. The lowest BCUT2D eigenvalue weighted by Crippen LogP contribution is -2.38. The summed E-state index contributed by atoms with van der Waals surface area (Å²) in [5.74, 6) is 0.596. The second-order valence-electron chi connectivity index (χ2n) is 6.38. The van der Waals surface area contributed by atoms with E-state index < -0.39 is 15.6 Å². The summed E-state index contributed by atoms with van der Waals surface area (Å²) >= 11 is 1.46. The van der Waals surface area contributed by atoms with Crippen molar-refractivity contribution >= 4 is 31.4 Å². The summed E-state index contributed by atoms with van der Waals surface area (Å²) in [4.78, 5) is 0.887. The van der Waals surface area contributed by atoms with Gasteiger partial charge in [-0.3, -0.25) is 0 Å². The SMILES string of the molecule is COc1ccc(S(=O)(=O)NCC(C)(O)c2cc3ccccc3s2)c(C)c1. The molecular formula is C19H21NO4S2. The fourth-order valence-corrected chi connectivity index (χ4v) is 5.16. The van der Waals surface area contributed by atoms with Gasteiger partial charge in [0.1, 0.15) is 11.4 Å². The maximum atomic E-state index is 12.6. The minimum absolute atomic E-state index is 0.117. The van der Waals surface area contributed by atoms with Gasteiger partial charge in [0, 0.05) is 16.1 Å². The number of nitrogens with one attached hydrogen (secondary N) is 1. The molecule has 0 fully saturated rings. The van der Waals surface area contributed by atoms with Gasteiger partial charge < -0.3 is 9.84 Å². The van der Waals surface area contributed by atoms with E-state index in [1.54, 1.807) is 26.0 Å². The number of hydrogen-bond donors (Lipinski definition) is 2. The molecule has 2 N–H and O–H groups in total. The van der Waals surface area contributed by atoms with E-state index in [-0.39, 0.29) is 11.4 Å². The smallest absolute Gasteiger partial charge is 0.240 e. The lowest BCUT2D eigenvalue weighted by molar-refractivity contribution is 0.0666. The zero-order chi connectivity index (χ0) is 18.9. The third-order valence-electron chi connectivity index (χ3n) is 4.23. The van der Waals surface area contributed by atoms with Gasteiger partial charge in [-0.2, -0.15) is 0 Å². The zero-order valence-corrected chi connectivity index (χ0v) is 16.4. The van der Waals surface area contributed by atoms with Crippen LogP contribution < -0.4 is 9.46 Å². The molecule has 2 aromatic carbocycles. The van der Waals surface area contributed by atoms with Crippen molar-refractivity contribution < 1.29 is 18.3 Å². The number of aryl methyl sites for hydroxylation is 1. The Morgan fingerprint density at radius 1 is 1.19 bits per heavy atom. The zero-order valence-electron chi connectivity index (χ0n) is 14.8. The van der Waals surface area contributed by atoms with E-state index in [2.05, 4.69) is 4.72 Å². The van der Waals surface area contributed by atoms with E-state index in [0.717, 1.165) is 10.1 Å². The van der Waals surface area contributed by atoms with Crippen LogP contribution in [0.5, 0.6) is 5.75 Å². The van der Waals surface area contributed by atoms with Gasteiger partial charge in [-0.1, -0.05) is 18.2 Å². The molecule has 0 bridgehead atoms. The highest BCUT2D eigenvalue weighted by Gasteiger charge is 2.28. The van der Waals surface area contributed by atoms with Crippen molar-refractivity contribution in [3.8, 4) is 5.75 Å². The largest absolute Gasteiger partial charge is 0.497 e. The summed E-state index contributed by atoms with van der Waals surface area (Å²) in [5.41, 5.74) is -0.727. The molecule has 0 aliphatic rings. The normalized spacial score (nSPS) is 14.3. The highest BCUT2D eigenvalue weighted by Crippen LogP contribution is 2.33. The molecule has 5 nitrogen and oxygen atoms in total. The van der Waals surface area contributed by atoms with Crippen LogP contribution >= 0.6 is 11.3 Å². The Balaban J connectivity index is 1.82. The topological polar surface area (TPSA) is 75.6 Å². The van der Waals surface area contributed by atoms with E-state index in [0.29, 0.717) is 16.2 Å². The van der Waals surface area contributed by atoms with E-state index in [9.17, 15) is 13.5 Å². The minimum atomic E-state index is -3.75. The van der Waals surface area contributed by atoms with E-state index in [1.165, 1.54) is 24.5 Å². The molecule has 3 aromatic rings. The molecule has 0 aliphatic heterocycles. The maximum absolute atomic E-state index is 12.6. The Morgan fingerprint density at radius 3 is 2.58 bits per heavy atom. The molecule has 0 saturated carbocycles. The molecule has 7 heteroatoms. The van der Waals surface area contributed by atoms with Crippen LogP contribution in [0.2, 0.25) is 0 Å². The summed E-state index contributed by atoms with van der Waals surface area (Å²) in [6, 6.07) is 14.5. The molecule has 1 heterocycles. The van der Waals surface area contributed by atoms with Crippen LogP contribution in [-0.4, -0.2) is 27.2 Å². The van der Waals surface area contributed by atoms with Crippen LogP contribution in [0.15, 0.2) is 53.4 Å². The lowest BCUT2D eigenvalue weighted by Gasteiger charge is -2.22. The number of methoxy groups -OCH3 is 1. The molecular weight excluding hydrogens is 370 g/mol. The van der Waals surface area contributed by atoms with Gasteiger partial charge in [-0.15, -0.1) is 11.3 Å². The molecule has 3 rings (SSSR count). The van der Waals surface area contributed by atoms with Crippen LogP contribution in [0, 0.1) is 6.92 Å². The molecule has 26 heavy (non-hydrogen) atoms. The standard InChI is InChI=1S/C19H21NO4S2/c1-13-10-15(24-3)8-9-17(13)26(22,23)20-12-19(2,21)18-11-14-6-4-5-7-16(14)25-18/h4-11,20-21H,12H2,1-3H3. The first-order valence-corrected chi connectivity index (χ1v) is 10.4. The summed E-state index contributed by atoms with van der Waals surface area (Å²) in [5, 5.41) is 11.8. The third-order valence-corrected chi connectivity index (χ3v) is 7.17. The van der Waals surface area contributed by atoms with Gasteiger partial charge in [-0.25, -0.2) is 13.1 Å². The average Bonchev–Trinajstić information content (AvgIpc) is 3.05. The minimum Gasteiger partial charge on any atom is -0.497 e. The highest BCUT2D eigenvalue weighted by atomic mass is 32.2. The number of sulfonamides is 1. The van der Waals surface area contributed by atoms with Gasteiger partial charge in [0.05, 0.1) is 12.0 Å². The van der Waals surface area contributed by atoms with E-state index >= 15 is 0 Å². The van der Waals surface area contributed by atoms with Crippen molar-refractivity contribution in [3.05, 3.63) is 59.0 Å².